The van der Waals surface area contributed by atoms with Crippen molar-refractivity contribution in [2.45, 2.75) is 42.1 Å². The lowest BCUT2D eigenvalue weighted by molar-refractivity contribution is -0.153. The van der Waals surface area contributed by atoms with Crippen molar-refractivity contribution in [1.82, 2.24) is 24.8 Å². The van der Waals surface area contributed by atoms with Gasteiger partial charge in [-0.15, -0.1) is 16.9 Å². The zero-order chi connectivity index (χ0) is 25.0. The molecule has 6 rings (SSSR count). The van der Waals surface area contributed by atoms with Gasteiger partial charge in [-0.05, 0) is 25.5 Å². The molecule has 11 heteroatoms. The van der Waals surface area contributed by atoms with Gasteiger partial charge in [-0.2, -0.15) is 0 Å². The lowest BCUT2D eigenvalue weighted by Gasteiger charge is -2.37. The highest BCUT2D eigenvalue weighted by Gasteiger charge is 2.71. The number of esters is 1. The number of likely N-dealkylation sites (tertiary alicyclic amines) is 1. The third kappa shape index (κ3) is 3.32. The number of aliphatic hydroxyl groups excluding tert-OH is 1. The molecule has 6 atom stereocenters. The van der Waals surface area contributed by atoms with E-state index in [1.807, 2.05) is 48.6 Å². The smallest absolute Gasteiger partial charge is 0.311 e. The zero-order valence-corrected chi connectivity index (χ0v) is 20.6. The average molecular weight is 510 g/mol. The summed E-state index contributed by atoms with van der Waals surface area (Å²) in [6, 6.07) is 6.06. The molecule has 4 aliphatic heterocycles. The van der Waals surface area contributed by atoms with Crippen LogP contribution in [0.3, 0.4) is 0 Å². The van der Waals surface area contributed by atoms with Crippen LogP contribution in [0, 0.1) is 11.8 Å². The van der Waals surface area contributed by atoms with Gasteiger partial charge in [0.1, 0.15) is 18.2 Å². The van der Waals surface area contributed by atoms with Crippen LogP contribution in [0.1, 0.15) is 13.3 Å². The summed E-state index contributed by atoms with van der Waals surface area (Å²) in [6.07, 6.45) is 8.43. The first-order chi connectivity index (χ1) is 17.5. The van der Waals surface area contributed by atoms with Crippen LogP contribution in [0.2, 0.25) is 0 Å². The number of amides is 2. The number of carbonyl (C=O) groups is 3. The van der Waals surface area contributed by atoms with Gasteiger partial charge in [0.2, 0.25) is 11.8 Å². The monoisotopic (exact) mass is 509 g/mol. The van der Waals surface area contributed by atoms with Crippen LogP contribution in [0.25, 0.3) is 11.0 Å². The van der Waals surface area contributed by atoms with Crippen molar-refractivity contribution in [1.29, 1.82) is 0 Å². The normalized spacial score (nSPS) is 32.6. The van der Waals surface area contributed by atoms with Gasteiger partial charge in [0, 0.05) is 11.8 Å². The molecule has 1 aromatic heterocycles. The molecule has 36 heavy (non-hydrogen) atoms. The van der Waals surface area contributed by atoms with E-state index in [4.69, 9.17) is 4.74 Å². The first kappa shape index (κ1) is 23.2. The molecule has 10 nitrogen and oxygen atoms in total. The van der Waals surface area contributed by atoms with Gasteiger partial charge < -0.3 is 19.6 Å². The highest BCUT2D eigenvalue weighted by molar-refractivity contribution is 8.02. The Labute approximate surface area is 211 Å². The summed E-state index contributed by atoms with van der Waals surface area (Å²) >= 11 is 1.49. The molecule has 2 saturated heterocycles. The summed E-state index contributed by atoms with van der Waals surface area (Å²) in [7, 11) is 0. The van der Waals surface area contributed by atoms with E-state index in [2.05, 4.69) is 10.3 Å². The Morgan fingerprint density at radius 2 is 2.06 bits per heavy atom. The van der Waals surface area contributed by atoms with Gasteiger partial charge in [-0.1, -0.05) is 41.7 Å². The SMILES string of the molecule is C[C@H](CO)N1C(=O)[C@@H]2[C@@H]3C(=O)OCCC=C[C@@H]3S[C@@]23C=CCN(Cn2nnc4ccccc42)C(=O)C13. The van der Waals surface area contributed by atoms with Crippen molar-refractivity contribution >= 4 is 40.6 Å². The Hall–Kier alpha value is -3.18. The van der Waals surface area contributed by atoms with E-state index in [-0.39, 0.29) is 36.9 Å². The molecule has 1 N–H and O–H groups in total. The van der Waals surface area contributed by atoms with Crippen LogP contribution in [0.15, 0.2) is 48.6 Å². The number of thioether (sulfide) groups is 1. The summed E-state index contributed by atoms with van der Waals surface area (Å²) in [6.45, 7) is 2.19. The highest BCUT2D eigenvalue weighted by Crippen LogP contribution is 2.61. The van der Waals surface area contributed by atoms with Crippen molar-refractivity contribution in [3.05, 3.63) is 48.6 Å². The minimum atomic E-state index is -0.945. The number of benzene rings is 1. The van der Waals surface area contributed by atoms with Crippen molar-refractivity contribution in [2.75, 3.05) is 19.8 Å². The predicted octanol–water partition coefficient (Wildman–Crippen LogP) is 0.968. The van der Waals surface area contributed by atoms with E-state index >= 15 is 0 Å². The molecule has 5 heterocycles. The molecule has 2 aromatic rings. The lowest BCUT2D eigenvalue weighted by atomic mass is 9.78. The van der Waals surface area contributed by atoms with Gasteiger partial charge >= 0.3 is 5.97 Å². The second-order valence-electron chi connectivity index (χ2n) is 9.69. The topological polar surface area (TPSA) is 118 Å². The van der Waals surface area contributed by atoms with E-state index < -0.39 is 34.6 Å². The maximum atomic E-state index is 14.2. The number of rotatable bonds is 4. The molecule has 2 fully saturated rings. The molecular formula is C25H27N5O5S. The number of hydrogen-bond acceptors (Lipinski definition) is 8. The number of carbonyl (C=O) groups excluding carboxylic acids is 3. The standard InChI is InChI=1S/C25H27N5O5S/c1-15(13-31)30-21-23(33)28(14-29-17-8-3-2-7-16(17)26-27-29)11-6-10-25(21)20(22(30)32)19-18(36-25)9-4-5-12-35-24(19)34/h2-4,6-10,15,18-21,31H,5,11-14H2,1H3/t15-,18+,19-,20+,21?,25+/m1/s1. The number of nitrogens with zero attached hydrogens (tertiary/aromatic N) is 5. The van der Waals surface area contributed by atoms with E-state index in [1.165, 1.54) is 16.7 Å². The molecule has 0 saturated carbocycles. The number of para-hydroxylation sites is 1. The number of ether oxygens (including phenoxy) is 1. The van der Waals surface area contributed by atoms with Gasteiger partial charge in [0.15, 0.2) is 0 Å². The number of hydrogen-bond donors (Lipinski definition) is 1. The molecule has 1 aromatic carbocycles. The number of fused-ring (bicyclic) bond motifs is 3. The van der Waals surface area contributed by atoms with Crippen molar-refractivity contribution in [2.24, 2.45) is 11.8 Å². The first-order valence-electron chi connectivity index (χ1n) is 12.1. The largest absolute Gasteiger partial charge is 0.465 e. The molecule has 1 unspecified atom stereocenters. The molecule has 4 aliphatic rings. The third-order valence-electron chi connectivity index (χ3n) is 7.61. The summed E-state index contributed by atoms with van der Waals surface area (Å²) < 4.78 is 6.21. The minimum Gasteiger partial charge on any atom is -0.465 e. The average Bonchev–Trinajstić information content (AvgIpc) is 3.46. The number of aromatic nitrogens is 3. The third-order valence-corrected chi connectivity index (χ3v) is 9.35. The fraction of sp³-hybridized carbons (Fsp3) is 0.480. The van der Waals surface area contributed by atoms with E-state index in [0.717, 1.165) is 11.0 Å². The Bertz CT molecular complexity index is 1290. The Kier molecular flexibility index (Phi) is 5.64. The zero-order valence-electron chi connectivity index (χ0n) is 19.8. The molecule has 1 spiro atoms. The molecule has 188 valence electrons. The van der Waals surface area contributed by atoms with E-state index in [9.17, 15) is 19.5 Å². The summed E-state index contributed by atoms with van der Waals surface area (Å²) in [5.41, 5.74) is 1.53. The quantitative estimate of drug-likeness (QED) is 0.479. The molecule has 0 radical (unpaired) electrons. The van der Waals surface area contributed by atoms with Crippen LogP contribution in [0.5, 0.6) is 0 Å². The lowest BCUT2D eigenvalue weighted by Crippen LogP contribution is -2.56. The summed E-state index contributed by atoms with van der Waals surface area (Å²) in [4.78, 5) is 44.4. The maximum absolute atomic E-state index is 14.2. The van der Waals surface area contributed by atoms with Gasteiger partial charge in [0.05, 0.1) is 41.4 Å². The molecule has 0 bridgehead atoms. The molecule has 0 aliphatic carbocycles. The van der Waals surface area contributed by atoms with Gasteiger partial charge in [0.25, 0.3) is 0 Å². The Morgan fingerprint density at radius 3 is 2.89 bits per heavy atom. The van der Waals surface area contributed by atoms with Gasteiger partial charge in [-0.3, -0.25) is 14.4 Å². The number of cyclic esters (lactones) is 1. The van der Waals surface area contributed by atoms with Crippen LogP contribution < -0.4 is 0 Å². The fourth-order valence-corrected chi connectivity index (χ4v) is 7.95. The van der Waals surface area contributed by atoms with Gasteiger partial charge in [-0.25, -0.2) is 4.68 Å². The van der Waals surface area contributed by atoms with Crippen LogP contribution in [-0.4, -0.2) is 89.5 Å². The van der Waals surface area contributed by atoms with Crippen LogP contribution in [-0.2, 0) is 25.8 Å². The predicted molar refractivity (Wildman–Crippen MR) is 131 cm³/mol. The second-order valence-corrected chi connectivity index (χ2v) is 11.2. The van der Waals surface area contributed by atoms with Crippen molar-refractivity contribution in [3.63, 3.8) is 0 Å². The molecular weight excluding hydrogens is 482 g/mol. The van der Waals surface area contributed by atoms with Crippen molar-refractivity contribution < 1.29 is 24.2 Å². The van der Waals surface area contributed by atoms with Crippen molar-refractivity contribution in [3.8, 4) is 0 Å². The van der Waals surface area contributed by atoms with Crippen LogP contribution >= 0.6 is 11.8 Å². The summed E-state index contributed by atoms with van der Waals surface area (Å²) in [5.74, 6) is -2.39. The van der Waals surface area contributed by atoms with Crippen LogP contribution in [0.4, 0.5) is 0 Å². The minimum absolute atomic E-state index is 0.163. The Balaban J connectivity index is 1.42. The first-order valence-corrected chi connectivity index (χ1v) is 13.0. The number of aliphatic hydroxyl groups is 1. The van der Waals surface area contributed by atoms with E-state index in [0.29, 0.717) is 13.0 Å². The summed E-state index contributed by atoms with van der Waals surface area (Å²) in [5, 5.41) is 18.2. The van der Waals surface area contributed by atoms with E-state index in [1.54, 1.807) is 16.5 Å². The highest BCUT2D eigenvalue weighted by atomic mass is 32.2. The fourth-order valence-electron chi connectivity index (χ4n) is 5.97. The Morgan fingerprint density at radius 1 is 1.22 bits per heavy atom. The molecule has 2 amide bonds. The second kappa shape index (κ2) is 8.74. The maximum Gasteiger partial charge on any atom is 0.311 e.